The summed E-state index contributed by atoms with van der Waals surface area (Å²) >= 11 is 0. The second-order valence-electron chi connectivity index (χ2n) is 1.31. The molecule has 0 fully saturated rings. The van der Waals surface area contributed by atoms with Crippen LogP contribution in [0.1, 0.15) is 0 Å². The van der Waals surface area contributed by atoms with E-state index < -0.39 is 0 Å². The highest BCUT2D eigenvalue weighted by Gasteiger charge is 1.76. The first-order valence-electron chi connectivity index (χ1n) is 2.41. The molecule has 0 aliphatic heterocycles. The topological polar surface area (TPSA) is 36.1 Å². The van der Waals surface area contributed by atoms with Gasteiger partial charge in [-0.2, -0.15) is 0 Å². The molecule has 0 amide bonds. The van der Waals surface area contributed by atoms with E-state index in [1.807, 2.05) is 0 Å². The van der Waals surface area contributed by atoms with Crippen LogP contribution < -0.4 is 13.9 Å². The van der Waals surface area contributed by atoms with E-state index in [4.69, 9.17) is 0 Å². The zero-order chi connectivity index (χ0) is 5.54. The number of nitrogens with one attached hydrogen (secondary N) is 3. The summed E-state index contributed by atoms with van der Waals surface area (Å²) in [6, 6.07) is 0. The van der Waals surface area contributed by atoms with Crippen molar-refractivity contribution in [2.75, 3.05) is 0 Å². The van der Waals surface area contributed by atoms with Crippen molar-refractivity contribution in [2.24, 2.45) is 0 Å². The highest BCUT2D eigenvalue weighted by atomic mass is 28.3. The summed E-state index contributed by atoms with van der Waals surface area (Å²) in [6.45, 7) is 0. The van der Waals surface area contributed by atoms with Gasteiger partial charge in [-0.15, -0.1) is 0 Å². The molecule has 0 heterocycles. The van der Waals surface area contributed by atoms with E-state index in [-0.39, 0.29) is 19.7 Å². The molecule has 0 unspecified atom stereocenters. The normalized spacial score (nSPS) is 13.7. The lowest BCUT2D eigenvalue weighted by Gasteiger charge is -1.97. The molecule has 3 nitrogen and oxygen atoms in total. The maximum atomic E-state index is 3.41. The summed E-state index contributed by atoms with van der Waals surface area (Å²) in [7, 11) is 2.31. The van der Waals surface area contributed by atoms with Crippen LogP contribution in [0.4, 0.5) is 0 Å². The fraction of sp³-hybridized carbons (Fsp3) is 0. The van der Waals surface area contributed by atoms with Crippen molar-refractivity contribution in [3.05, 3.63) is 0 Å². The summed E-state index contributed by atoms with van der Waals surface area (Å²) in [5.74, 6) is 0. The maximum absolute atomic E-state index is 3.41. The molecule has 0 radical (unpaired) electrons. The Morgan fingerprint density at radius 1 is 1.00 bits per heavy atom. The van der Waals surface area contributed by atoms with E-state index >= 15 is 0 Å². The van der Waals surface area contributed by atoms with E-state index in [1.54, 1.807) is 0 Å². The van der Waals surface area contributed by atoms with Gasteiger partial charge in [-0.05, 0) is 0 Å². The van der Waals surface area contributed by atoms with Crippen LogP contribution in [-0.2, 0) is 0 Å². The van der Waals surface area contributed by atoms with E-state index in [0.717, 1.165) is 20.8 Å². The molecule has 0 spiro atoms. The predicted molar refractivity (Wildman–Crippen MR) is 46.4 cm³/mol. The molecule has 0 aromatic heterocycles. The molecular weight excluding hydrogens is 154 g/mol. The van der Waals surface area contributed by atoms with Gasteiger partial charge in [-0.3, -0.25) is 0 Å². The minimum Gasteiger partial charge on any atom is -0.360 e. The zero-order valence-electron chi connectivity index (χ0n) is 4.91. The molecule has 0 atom stereocenters. The Morgan fingerprint density at radius 3 is 1.71 bits per heavy atom. The first-order valence-corrected chi connectivity index (χ1v) is 7.24. The third-order valence-electron chi connectivity index (χ3n) is 0.604. The molecule has 0 rings (SSSR count). The van der Waals surface area contributed by atoms with Crippen LogP contribution >= 0.6 is 0 Å². The molecule has 0 aliphatic carbocycles. The Bertz CT molecular complexity index is 26.1. The summed E-state index contributed by atoms with van der Waals surface area (Å²) in [6.07, 6.45) is 0. The zero-order valence-corrected chi connectivity index (χ0v) is 11.7. The molecule has 44 valence electrons. The number of hydrogen-bond donors (Lipinski definition) is 3. The minimum absolute atomic E-state index is 0.00611. The van der Waals surface area contributed by atoms with E-state index in [2.05, 4.69) is 13.9 Å². The fourth-order valence-electron chi connectivity index (χ4n) is 0.312. The average molecular weight is 167 g/mol. The highest BCUT2D eigenvalue weighted by molar-refractivity contribution is 6.54. The SMILES string of the molecule is [SiH3]N[SiH2]N[SiH2]N[SiH3]. The van der Waals surface area contributed by atoms with Crippen molar-refractivity contribution < 1.29 is 0 Å². The van der Waals surface area contributed by atoms with Gasteiger partial charge in [-0.25, -0.2) is 0 Å². The van der Waals surface area contributed by atoms with Crippen LogP contribution in [0.3, 0.4) is 0 Å². The van der Waals surface area contributed by atoms with Gasteiger partial charge >= 0.3 is 0 Å². The van der Waals surface area contributed by atoms with Crippen LogP contribution in [0.5, 0.6) is 0 Å². The monoisotopic (exact) mass is 167 g/mol. The lowest BCUT2D eigenvalue weighted by molar-refractivity contribution is 1.39. The van der Waals surface area contributed by atoms with Crippen molar-refractivity contribution >= 4 is 40.5 Å². The summed E-state index contributed by atoms with van der Waals surface area (Å²) in [5.41, 5.74) is 0. The maximum Gasteiger partial charge on any atom is 0.154 e. The van der Waals surface area contributed by atoms with Gasteiger partial charge in [0.15, 0.2) is 19.7 Å². The fourth-order valence-corrected chi connectivity index (χ4v) is 7.31. The summed E-state index contributed by atoms with van der Waals surface area (Å²) < 4.78 is 9.97. The predicted octanol–water partition coefficient (Wildman–Crippen LogP) is -5.69. The Morgan fingerprint density at radius 2 is 1.43 bits per heavy atom. The van der Waals surface area contributed by atoms with Gasteiger partial charge in [0.2, 0.25) is 0 Å². The Labute approximate surface area is 55.0 Å². The molecule has 0 aromatic rings. The standard InChI is InChI=1S/H13N3Si4/c4-1-6-3-7-2-5/h1-3H,6-7H2,4-5H3. The number of rotatable bonds is 4. The average Bonchev–Trinajstić information content (AvgIpc) is 1.69. The van der Waals surface area contributed by atoms with Crippen molar-refractivity contribution in [1.29, 1.82) is 0 Å². The van der Waals surface area contributed by atoms with Gasteiger partial charge < -0.3 is 13.9 Å². The smallest absolute Gasteiger partial charge is 0.154 e. The first-order chi connectivity index (χ1) is 3.41. The third-order valence-corrected chi connectivity index (χ3v) is 5.43. The van der Waals surface area contributed by atoms with Gasteiger partial charge in [0, 0.05) is 0 Å². The second kappa shape index (κ2) is 6.75. The Kier molecular flexibility index (Phi) is 7.47. The van der Waals surface area contributed by atoms with E-state index in [9.17, 15) is 0 Å². The highest BCUT2D eigenvalue weighted by Crippen LogP contribution is 1.31. The Hall–Kier alpha value is 0.748. The lowest BCUT2D eigenvalue weighted by atomic mass is 13.8. The van der Waals surface area contributed by atoms with Gasteiger partial charge in [0.1, 0.15) is 0 Å². The van der Waals surface area contributed by atoms with Gasteiger partial charge in [0.05, 0.1) is 20.8 Å². The molecule has 3 N–H and O–H groups in total. The first kappa shape index (κ1) is 7.75. The molecule has 0 bridgehead atoms. The lowest BCUT2D eigenvalue weighted by Crippen LogP contribution is -2.40. The van der Waals surface area contributed by atoms with Crippen molar-refractivity contribution in [3.8, 4) is 0 Å². The van der Waals surface area contributed by atoms with Crippen LogP contribution in [0.2, 0.25) is 0 Å². The Balaban J connectivity index is 2.45. The second-order valence-corrected chi connectivity index (χ2v) is 9.67. The van der Waals surface area contributed by atoms with E-state index in [1.165, 1.54) is 0 Å². The van der Waals surface area contributed by atoms with Gasteiger partial charge in [0.25, 0.3) is 0 Å². The quantitative estimate of drug-likeness (QED) is 0.289. The molecular formula is H13N3Si4. The minimum atomic E-state index is -0.00611. The summed E-state index contributed by atoms with van der Waals surface area (Å²) in [5, 5.41) is 0. The largest absolute Gasteiger partial charge is 0.360 e. The summed E-state index contributed by atoms with van der Waals surface area (Å²) in [4.78, 5) is 0. The van der Waals surface area contributed by atoms with Crippen LogP contribution in [0, 0.1) is 0 Å². The van der Waals surface area contributed by atoms with Gasteiger partial charge in [-0.1, -0.05) is 0 Å². The van der Waals surface area contributed by atoms with Crippen molar-refractivity contribution in [1.82, 2.24) is 13.9 Å². The van der Waals surface area contributed by atoms with Crippen molar-refractivity contribution in [3.63, 3.8) is 0 Å². The molecule has 0 saturated carbocycles. The molecule has 0 saturated heterocycles. The molecule has 7 heteroatoms. The van der Waals surface area contributed by atoms with E-state index in [0.29, 0.717) is 0 Å². The number of hydrogen-bond acceptors (Lipinski definition) is 3. The van der Waals surface area contributed by atoms with Crippen molar-refractivity contribution in [2.45, 2.75) is 0 Å². The van der Waals surface area contributed by atoms with Crippen LogP contribution in [0.15, 0.2) is 0 Å². The molecule has 0 aromatic carbocycles. The molecule has 7 heavy (non-hydrogen) atoms. The third kappa shape index (κ3) is 6.75. The molecule has 0 aliphatic rings. The van der Waals surface area contributed by atoms with Crippen LogP contribution in [0.25, 0.3) is 0 Å². The van der Waals surface area contributed by atoms with Crippen LogP contribution in [-0.4, -0.2) is 40.5 Å².